The van der Waals surface area contributed by atoms with Gasteiger partial charge in [-0.2, -0.15) is 0 Å². The van der Waals surface area contributed by atoms with Crippen LogP contribution < -0.4 is 0 Å². The van der Waals surface area contributed by atoms with E-state index in [-0.39, 0.29) is 18.0 Å². The van der Waals surface area contributed by atoms with Gasteiger partial charge >= 0.3 is 0 Å². The second-order valence-corrected chi connectivity index (χ2v) is 6.79. The van der Waals surface area contributed by atoms with Crippen molar-refractivity contribution in [2.45, 2.75) is 38.3 Å². The minimum Gasteiger partial charge on any atom is -0.352 e. The number of rotatable bonds is 6. The fraction of sp³-hybridized carbons (Fsp3) is 0.647. The molecule has 2 aromatic heterocycles. The van der Waals surface area contributed by atoms with Crippen LogP contribution in [0.5, 0.6) is 0 Å². The van der Waals surface area contributed by atoms with Crippen LogP contribution in [0, 0.1) is 5.41 Å². The van der Waals surface area contributed by atoms with Gasteiger partial charge in [-0.15, -0.1) is 0 Å². The highest BCUT2D eigenvalue weighted by Crippen LogP contribution is 2.31. The van der Waals surface area contributed by atoms with Gasteiger partial charge in [0.25, 0.3) is 0 Å². The Morgan fingerprint density at radius 3 is 1.41 bits per heavy atom. The third-order valence-electron chi connectivity index (χ3n) is 4.60. The van der Waals surface area contributed by atoms with Crippen molar-refractivity contribution >= 4 is 0 Å². The van der Waals surface area contributed by atoms with Crippen molar-refractivity contribution < 1.29 is 18.9 Å². The van der Waals surface area contributed by atoms with E-state index in [1.54, 1.807) is 0 Å². The molecule has 0 bridgehead atoms. The zero-order valence-electron chi connectivity index (χ0n) is 14.9. The van der Waals surface area contributed by atoms with E-state index in [9.17, 15) is 0 Å². The molecule has 2 saturated heterocycles. The molecule has 4 heterocycles. The van der Waals surface area contributed by atoms with E-state index in [1.165, 1.54) is 25.3 Å². The average molecular weight is 374 g/mol. The molecule has 0 radical (unpaired) electrons. The Bertz CT molecular complexity index is 626. The molecule has 4 rings (SSSR count). The van der Waals surface area contributed by atoms with E-state index < -0.39 is 0 Å². The highest BCUT2D eigenvalue weighted by Gasteiger charge is 2.41. The van der Waals surface area contributed by atoms with E-state index in [2.05, 4.69) is 29.9 Å². The first-order valence-electron chi connectivity index (χ1n) is 9.00. The van der Waals surface area contributed by atoms with Gasteiger partial charge in [-0.1, -0.05) is 0 Å². The van der Waals surface area contributed by atoms with E-state index in [0.29, 0.717) is 52.1 Å². The van der Waals surface area contributed by atoms with Gasteiger partial charge in [0, 0.05) is 25.7 Å². The number of ether oxygens (including phenoxy) is 4. The molecule has 0 unspecified atom stereocenters. The predicted molar refractivity (Wildman–Crippen MR) is 90.1 cm³/mol. The number of hydrogen-bond acceptors (Lipinski definition) is 10. The molecule has 2 fully saturated rings. The Labute approximate surface area is 156 Å². The molecule has 2 aromatic rings. The van der Waals surface area contributed by atoms with Crippen molar-refractivity contribution in [3.8, 4) is 0 Å². The smallest absolute Gasteiger partial charge is 0.158 e. The van der Waals surface area contributed by atoms with Crippen LogP contribution in [0.4, 0.5) is 0 Å². The van der Waals surface area contributed by atoms with Crippen LogP contribution in [0.25, 0.3) is 0 Å². The molecule has 2 aliphatic heterocycles. The van der Waals surface area contributed by atoms with Crippen LogP contribution in [0.1, 0.15) is 24.5 Å². The second kappa shape index (κ2) is 8.70. The first-order valence-corrected chi connectivity index (χ1v) is 9.00. The SMILES string of the molecule is c1ncnc(CCC2OCC3(CO2)COC(CCc2ncncn2)OC3)n1. The maximum absolute atomic E-state index is 5.88. The molecule has 0 saturated carbocycles. The molecule has 27 heavy (non-hydrogen) atoms. The second-order valence-electron chi connectivity index (χ2n) is 6.79. The summed E-state index contributed by atoms with van der Waals surface area (Å²) < 4.78 is 23.5. The third kappa shape index (κ3) is 4.98. The van der Waals surface area contributed by atoms with Gasteiger partial charge in [0.15, 0.2) is 12.6 Å². The van der Waals surface area contributed by atoms with Gasteiger partial charge in [-0.25, -0.2) is 29.9 Å². The highest BCUT2D eigenvalue weighted by molar-refractivity contribution is 4.87. The molecule has 0 amide bonds. The lowest BCUT2D eigenvalue weighted by atomic mass is 9.90. The largest absolute Gasteiger partial charge is 0.352 e. The topological polar surface area (TPSA) is 114 Å². The first-order chi connectivity index (χ1) is 13.3. The maximum Gasteiger partial charge on any atom is 0.158 e. The first kappa shape index (κ1) is 18.2. The maximum atomic E-state index is 5.88. The number of aromatic nitrogens is 6. The van der Waals surface area contributed by atoms with Gasteiger partial charge in [-0.3, -0.25) is 0 Å². The van der Waals surface area contributed by atoms with Crippen molar-refractivity contribution in [3.05, 3.63) is 37.0 Å². The van der Waals surface area contributed by atoms with Crippen LogP contribution in [-0.4, -0.2) is 68.9 Å². The normalized spacial score (nSPS) is 28.3. The number of aryl methyl sites for hydroxylation is 2. The Balaban J connectivity index is 1.17. The number of nitrogens with zero attached hydrogens (tertiary/aromatic N) is 6. The molecule has 10 heteroatoms. The summed E-state index contributed by atoms with van der Waals surface area (Å²) in [5, 5.41) is 0. The van der Waals surface area contributed by atoms with E-state index in [0.717, 1.165) is 11.6 Å². The Hall–Kier alpha value is -2.14. The third-order valence-corrected chi connectivity index (χ3v) is 4.60. The minimum absolute atomic E-state index is 0.243. The van der Waals surface area contributed by atoms with E-state index in [4.69, 9.17) is 18.9 Å². The van der Waals surface area contributed by atoms with Crippen molar-refractivity contribution in [1.82, 2.24) is 29.9 Å². The summed E-state index contributed by atoms with van der Waals surface area (Å²) in [7, 11) is 0. The lowest BCUT2D eigenvalue weighted by molar-refractivity contribution is -0.303. The van der Waals surface area contributed by atoms with Gasteiger partial charge in [0.2, 0.25) is 0 Å². The zero-order valence-corrected chi connectivity index (χ0v) is 14.9. The van der Waals surface area contributed by atoms with Crippen molar-refractivity contribution in [1.29, 1.82) is 0 Å². The summed E-state index contributed by atoms with van der Waals surface area (Å²) in [4.78, 5) is 24.1. The lowest BCUT2D eigenvalue weighted by Gasteiger charge is -2.43. The Morgan fingerprint density at radius 1 is 0.667 bits per heavy atom. The molecular formula is C17H22N6O4. The number of hydrogen-bond donors (Lipinski definition) is 0. The molecular weight excluding hydrogens is 352 g/mol. The Morgan fingerprint density at radius 2 is 1.04 bits per heavy atom. The zero-order chi connectivity index (χ0) is 18.4. The van der Waals surface area contributed by atoms with Gasteiger partial charge in [0.05, 0.1) is 31.8 Å². The standard InChI is InChI=1S/C17H22N6O4/c1(13-20-9-18-10-21-13)3-15-24-5-17(6-25-15)7-26-16(27-8-17)4-2-14-22-11-19-12-23-14/h9-12,15-16H,1-8H2. The quantitative estimate of drug-likeness (QED) is 0.701. The molecule has 1 spiro atoms. The fourth-order valence-corrected chi connectivity index (χ4v) is 3.04. The van der Waals surface area contributed by atoms with Crippen LogP contribution in [0.2, 0.25) is 0 Å². The lowest BCUT2D eigenvalue weighted by Crippen LogP contribution is -2.52. The Kier molecular flexibility index (Phi) is 5.87. The predicted octanol–water partition coefficient (Wildman–Crippen LogP) is 0.354. The fourth-order valence-electron chi connectivity index (χ4n) is 3.04. The molecule has 0 aromatic carbocycles. The molecule has 0 aliphatic carbocycles. The summed E-state index contributed by atoms with van der Waals surface area (Å²) in [6.07, 6.45) is 8.25. The monoisotopic (exact) mass is 374 g/mol. The molecule has 2 aliphatic rings. The summed E-state index contributed by atoms with van der Waals surface area (Å²) in [5.74, 6) is 1.48. The van der Waals surface area contributed by atoms with Crippen LogP contribution in [0.15, 0.2) is 25.3 Å². The van der Waals surface area contributed by atoms with Gasteiger partial charge in [-0.05, 0) is 0 Å². The van der Waals surface area contributed by atoms with E-state index in [1.807, 2.05) is 0 Å². The minimum atomic E-state index is -0.256. The molecule has 10 nitrogen and oxygen atoms in total. The summed E-state index contributed by atoms with van der Waals surface area (Å²) in [5.41, 5.74) is -0.243. The molecule has 0 atom stereocenters. The van der Waals surface area contributed by atoms with Gasteiger partial charge in [0.1, 0.15) is 37.0 Å². The van der Waals surface area contributed by atoms with Crippen molar-refractivity contribution in [2.24, 2.45) is 5.41 Å². The summed E-state index contributed by atoms with van der Waals surface area (Å²) >= 11 is 0. The van der Waals surface area contributed by atoms with E-state index >= 15 is 0 Å². The van der Waals surface area contributed by atoms with Crippen molar-refractivity contribution in [3.63, 3.8) is 0 Å². The van der Waals surface area contributed by atoms with Crippen molar-refractivity contribution in [2.75, 3.05) is 26.4 Å². The van der Waals surface area contributed by atoms with Gasteiger partial charge < -0.3 is 18.9 Å². The van der Waals surface area contributed by atoms with Crippen LogP contribution in [-0.2, 0) is 31.8 Å². The molecule has 144 valence electrons. The highest BCUT2D eigenvalue weighted by atomic mass is 16.7. The average Bonchev–Trinajstić information content (AvgIpc) is 2.75. The summed E-state index contributed by atoms with van der Waals surface area (Å²) in [6, 6.07) is 0. The molecule has 0 N–H and O–H groups in total. The van der Waals surface area contributed by atoms with Crippen LogP contribution in [0.3, 0.4) is 0 Å². The summed E-state index contributed by atoms with van der Waals surface area (Å²) in [6.45, 7) is 2.20. The van der Waals surface area contributed by atoms with Crippen LogP contribution >= 0.6 is 0 Å².